The Hall–Kier alpha value is -2.78. The maximum absolute atomic E-state index is 14.5. The molecule has 0 radical (unpaired) electrons. The highest BCUT2D eigenvalue weighted by Crippen LogP contribution is 2.26. The van der Waals surface area contributed by atoms with Gasteiger partial charge < -0.3 is 10.2 Å². The highest BCUT2D eigenvalue weighted by Gasteiger charge is 2.29. The van der Waals surface area contributed by atoms with Crippen LogP contribution in [0.15, 0.2) is 41.3 Å². The molecule has 2 fully saturated rings. The zero-order valence-electron chi connectivity index (χ0n) is 18.6. The fourth-order valence-corrected chi connectivity index (χ4v) is 5.98. The molecule has 0 atom stereocenters. The van der Waals surface area contributed by atoms with E-state index in [0.29, 0.717) is 29.9 Å². The minimum Gasteiger partial charge on any atom is -0.339 e. The summed E-state index contributed by atoms with van der Waals surface area (Å²) in [6, 6.07) is 8.46. The van der Waals surface area contributed by atoms with Gasteiger partial charge in [-0.05, 0) is 68.5 Å². The number of hydrogen-bond acceptors (Lipinski definition) is 4. The molecular weight excluding hydrogens is 445 g/mol. The first-order valence-corrected chi connectivity index (χ1v) is 12.7. The predicted molar refractivity (Wildman–Crippen MR) is 123 cm³/mol. The summed E-state index contributed by atoms with van der Waals surface area (Å²) >= 11 is 0. The van der Waals surface area contributed by atoms with Gasteiger partial charge in [0.15, 0.2) is 0 Å². The molecule has 176 valence electrons. The highest BCUT2D eigenvalue weighted by atomic mass is 32.2. The van der Waals surface area contributed by atoms with Crippen LogP contribution in [0.25, 0.3) is 0 Å². The highest BCUT2D eigenvalue weighted by molar-refractivity contribution is 7.89. The third-order valence-electron chi connectivity index (χ3n) is 6.33. The number of sulfonamides is 1. The second-order valence-electron chi connectivity index (χ2n) is 8.54. The molecular formula is C24H28FN3O4S. The summed E-state index contributed by atoms with van der Waals surface area (Å²) in [5.74, 6) is -1.52. The number of benzene rings is 2. The lowest BCUT2D eigenvalue weighted by Crippen LogP contribution is -2.36. The Labute approximate surface area is 193 Å². The molecule has 2 aromatic rings. The van der Waals surface area contributed by atoms with E-state index in [1.165, 1.54) is 10.4 Å². The summed E-state index contributed by atoms with van der Waals surface area (Å²) in [5, 5.41) is 2.75. The number of hydrogen-bond donors (Lipinski definition) is 1. The fraction of sp³-hybridized carbons (Fsp3) is 0.417. The number of amides is 2. The largest absolute Gasteiger partial charge is 0.339 e. The molecule has 0 unspecified atom stereocenters. The molecule has 0 saturated carbocycles. The predicted octanol–water partition coefficient (Wildman–Crippen LogP) is 3.80. The molecule has 4 rings (SSSR count). The lowest BCUT2D eigenvalue weighted by molar-refractivity contribution is 0.0791. The zero-order chi connectivity index (χ0) is 23.6. The van der Waals surface area contributed by atoms with Crippen molar-refractivity contribution in [2.75, 3.05) is 31.5 Å². The number of carbonyl (C=O) groups is 2. The third kappa shape index (κ3) is 4.79. The minimum atomic E-state index is -4.03. The van der Waals surface area contributed by atoms with Crippen LogP contribution in [0.3, 0.4) is 0 Å². The van der Waals surface area contributed by atoms with Crippen molar-refractivity contribution in [1.82, 2.24) is 9.21 Å². The number of piperidine rings is 1. The SMILES string of the molecule is Cc1c(NC(=O)c2ccc(F)c(S(=O)(=O)N3CCCCC3)c2)cccc1C(=O)N1CCCC1. The smallest absolute Gasteiger partial charge is 0.255 e. The molecule has 2 aliphatic rings. The van der Waals surface area contributed by atoms with Crippen LogP contribution in [0.4, 0.5) is 10.1 Å². The second kappa shape index (κ2) is 9.61. The van der Waals surface area contributed by atoms with Crippen molar-refractivity contribution >= 4 is 27.5 Å². The second-order valence-corrected chi connectivity index (χ2v) is 10.4. The summed E-state index contributed by atoms with van der Waals surface area (Å²) in [7, 11) is -4.03. The number of rotatable bonds is 5. The van der Waals surface area contributed by atoms with Crippen LogP contribution < -0.4 is 5.32 Å². The molecule has 33 heavy (non-hydrogen) atoms. The van der Waals surface area contributed by atoms with Crippen molar-refractivity contribution in [1.29, 1.82) is 0 Å². The van der Waals surface area contributed by atoms with Gasteiger partial charge >= 0.3 is 0 Å². The van der Waals surface area contributed by atoms with E-state index >= 15 is 0 Å². The van der Waals surface area contributed by atoms with Crippen molar-refractivity contribution in [2.24, 2.45) is 0 Å². The number of nitrogens with zero attached hydrogens (tertiary/aromatic N) is 2. The van der Waals surface area contributed by atoms with E-state index in [0.717, 1.165) is 57.3 Å². The fourth-order valence-electron chi connectivity index (χ4n) is 4.37. The molecule has 2 amide bonds. The van der Waals surface area contributed by atoms with Gasteiger partial charge in [0, 0.05) is 43.0 Å². The van der Waals surface area contributed by atoms with E-state index < -0.39 is 26.6 Å². The minimum absolute atomic E-state index is 0.0302. The molecule has 0 aliphatic carbocycles. The molecule has 7 nitrogen and oxygen atoms in total. The molecule has 2 saturated heterocycles. The Bertz CT molecular complexity index is 1170. The Balaban J connectivity index is 1.58. The summed E-state index contributed by atoms with van der Waals surface area (Å²) in [5.41, 5.74) is 1.63. The van der Waals surface area contributed by atoms with E-state index in [-0.39, 0.29) is 11.5 Å². The van der Waals surface area contributed by atoms with Crippen LogP contribution in [0.1, 0.15) is 58.4 Å². The van der Waals surface area contributed by atoms with Crippen LogP contribution >= 0.6 is 0 Å². The Morgan fingerprint density at radius 2 is 1.61 bits per heavy atom. The van der Waals surface area contributed by atoms with Crippen LogP contribution in [-0.2, 0) is 10.0 Å². The van der Waals surface area contributed by atoms with Crippen LogP contribution in [0.5, 0.6) is 0 Å². The quantitative estimate of drug-likeness (QED) is 0.716. The third-order valence-corrected chi connectivity index (χ3v) is 8.25. The molecule has 0 spiro atoms. The van der Waals surface area contributed by atoms with E-state index in [9.17, 15) is 22.4 Å². The first kappa shape index (κ1) is 23.4. The Kier molecular flexibility index (Phi) is 6.81. The summed E-state index contributed by atoms with van der Waals surface area (Å²) < 4.78 is 41.7. The summed E-state index contributed by atoms with van der Waals surface area (Å²) in [4.78, 5) is 27.1. The maximum Gasteiger partial charge on any atom is 0.255 e. The van der Waals surface area contributed by atoms with Crippen molar-refractivity contribution in [3.8, 4) is 0 Å². The van der Waals surface area contributed by atoms with Crippen molar-refractivity contribution in [3.05, 3.63) is 58.9 Å². The molecule has 0 bridgehead atoms. The van der Waals surface area contributed by atoms with Gasteiger partial charge in [0.25, 0.3) is 11.8 Å². The van der Waals surface area contributed by atoms with Crippen molar-refractivity contribution < 1.29 is 22.4 Å². The number of halogens is 1. The summed E-state index contributed by atoms with van der Waals surface area (Å²) in [6.07, 6.45) is 4.36. The van der Waals surface area contributed by atoms with Crippen molar-refractivity contribution in [2.45, 2.75) is 43.9 Å². The monoisotopic (exact) mass is 473 g/mol. The molecule has 9 heteroatoms. The van der Waals surface area contributed by atoms with Gasteiger partial charge in [-0.25, -0.2) is 12.8 Å². The molecule has 2 aromatic carbocycles. The lowest BCUT2D eigenvalue weighted by atomic mass is 10.0. The van der Waals surface area contributed by atoms with Gasteiger partial charge in [0.2, 0.25) is 10.0 Å². The summed E-state index contributed by atoms with van der Waals surface area (Å²) in [6.45, 7) is 3.89. The number of likely N-dealkylation sites (tertiary alicyclic amines) is 1. The Morgan fingerprint density at radius 1 is 0.939 bits per heavy atom. The van der Waals surface area contributed by atoms with Gasteiger partial charge in [-0.2, -0.15) is 4.31 Å². The van der Waals surface area contributed by atoms with E-state index in [4.69, 9.17) is 0 Å². The van der Waals surface area contributed by atoms with E-state index in [1.54, 1.807) is 30.0 Å². The maximum atomic E-state index is 14.5. The van der Waals surface area contributed by atoms with E-state index in [1.807, 2.05) is 0 Å². The van der Waals surface area contributed by atoms with Gasteiger partial charge in [-0.3, -0.25) is 9.59 Å². The average Bonchev–Trinajstić information content (AvgIpc) is 3.36. The van der Waals surface area contributed by atoms with E-state index in [2.05, 4.69) is 5.32 Å². The standard InChI is InChI=1S/C24H28FN3O4S/c1-17-19(24(30)27-12-5-6-13-27)8-7-9-21(17)26-23(29)18-10-11-20(25)22(16-18)33(31,32)28-14-3-2-4-15-28/h7-11,16H,2-6,12-15H2,1H3,(H,26,29). The lowest BCUT2D eigenvalue weighted by Gasteiger charge is -2.26. The number of anilines is 1. The van der Waals surface area contributed by atoms with Gasteiger partial charge in [-0.15, -0.1) is 0 Å². The van der Waals surface area contributed by atoms with Crippen LogP contribution in [-0.4, -0.2) is 55.6 Å². The van der Waals surface area contributed by atoms with Crippen LogP contribution in [0, 0.1) is 12.7 Å². The molecule has 0 aromatic heterocycles. The first-order chi connectivity index (χ1) is 15.8. The number of carbonyl (C=O) groups excluding carboxylic acids is 2. The normalized spacial score (nSPS) is 17.2. The topological polar surface area (TPSA) is 86.8 Å². The molecule has 1 N–H and O–H groups in total. The van der Waals surface area contributed by atoms with Gasteiger partial charge in [0.1, 0.15) is 10.7 Å². The Morgan fingerprint density at radius 3 is 2.30 bits per heavy atom. The first-order valence-electron chi connectivity index (χ1n) is 11.3. The van der Waals surface area contributed by atoms with Gasteiger partial charge in [0.05, 0.1) is 0 Å². The number of nitrogens with one attached hydrogen (secondary N) is 1. The molecule has 2 aliphatic heterocycles. The van der Waals surface area contributed by atoms with Gasteiger partial charge in [-0.1, -0.05) is 12.5 Å². The van der Waals surface area contributed by atoms with Crippen LogP contribution in [0.2, 0.25) is 0 Å². The zero-order valence-corrected chi connectivity index (χ0v) is 19.5. The average molecular weight is 474 g/mol. The molecule has 2 heterocycles. The van der Waals surface area contributed by atoms with Crippen molar-refractivity contribution in [3.63, 3.8) is 0 Å².